The smallest absolute Gasteiger partial charge is 0.281 e. The molecule has 0 saturated carbocycles. The number of thiophene rings is 1. The Balaban J connectivity index is 1.45. The Morgan fingerprint density at radius 2 is 2.07 bits per heavy atom. The van der Waals surface area contributed by atoms with Crippen LogP contribution in [-0.2, 0) is 11.2 Å². The summed E-state index contributed by atoms with van der Waals surface area (Å²) in [5.74, 6) is 0.669. The van der Waals surface area contributed by atoms with Crippen LogP contribution >= 0.6 is 11.3 Å². The number of hydrogen-bond acceptors (Lipinski definition) is 5. The normalized spacial score (nSPS) is 11.1. The number of hydrogen-bond donors (Lipinski definition) is 1. The summed E-state index contributed by atoms with van der Waals surface area (Å²) in [6, 6.07) is 11.4. The summed E-state index contributed by atoms with van der Waals surface area (Å²) in [7, 11) is 0. The standard InChI is InChI=1S/C20H16FN3O3S/c1-12-22-19-15(10-11-28-19)20(26)24(12)23-18(25)9-7-13-6-8-17(27-13)14-4-2-3-5-16(14)21/h2-6,8,10-11H,7,9H2,1H3,(H,23,25). The maximum atomic E-state index is 13.8. The highest BCUT2D eigenvalue weighted by atomic mass is 32.1. The number of rotatable bonds is 5. The summed E-state index contributed by atoms with van der Waals surface area (Å²) in [6.45, 7) is 1.66. The topological polar surface area (TPSA) is 77.1 Å². The second kappa shape index (κ2) is 7.40. The second-order valence-corrected chi connectivity index (χ2v) is 7.11. The van der Waals surface area contributed by atoms with Gasteiger partial charge in [-0.05, 0) is 42.6 Å². The zero-order valence-corrected chi connectivity index (χ0v) is 15.8. The molecule has 0 aliphatic carbocycles. The van der Waals surface area contributed by atoms with E-state index in [0.717, 1.165) is 4.68 Å². The van der Waals surface area contributed by atoms with Crippen molar-refractivity contribution in [2.24, 2.45) is 0 Å². The minimum Gasteiger partial charge on any atom is -0.461 e. The maximum absolute atomic E-state index is 13.8. The molecule has 0 aliphatic heterocycles. The van der Waals surface area contributed by atoms with Gasteiger partial charge in [-0.25, -0.2) is 14.1 Å². The van der Waals surface area contributed by atoms with Crippen molar-refractivity contribution in [2.75, 3.05) is 5.43 Å². The van der Waals surface area contributed by atoms with Crippen LogP contribution in [0, 0.1) is 12.7 Å². The third-order valence-electron chi connectivity index (χ3n) is 4.30. The molecule has 0 spiro atoms. The molecule has 0 bridgehead atoms. The first kappa shape index (κ1) is 18.1. The van der Waals surface area contributed by atoms with E-state index in [4.69, 9.17) is 4.42 Å². The van der Waals surface area contributed by atoms with Gasteiger partial charge in [0.1, 0.15) is 28.0 Å². The number of benzene rings is 1. The minimum absolute atomic E-state index is 0.109. The molecule has 142 valence electrons. The van der Waals surface area contributed by atoms with Gasteiger partial charge in [0.2, 0.25) is 5.91 Å². The van der Waals surface area contributed by atoms with Crippen molar-refractivity contribution in [1.29, 1.82) is 0 Å². The van der Waals surface area contributed by atoms with Crippen LogP contribution in [-0.4, -0.2) is 15.6 Å². The lowest BCUT2D eigenvalue weighted by Gasteiger charge is -2.10. The monoisotopic (exact) mass is 397 g/mol. The summed E-state index contributed by atoms with van der Waals surface area (Å²) >= 11 is 1.38. The van der Waals surface area contributed by atoms with Crippen molar-refractivity contribution in [3.8, 4) is 11.3 Å². The molecule has 6 nitrogen and oxygen atoms in total. The molecule has 3 heterocycles. The van der Waals surface area contributed by atoms with Gasteiger partial charge in [0.25, 0.3) is 5.56 Å². The maximum Gasteiger partial charge on any atom is 0.281 e. The van der Waals surface area contributed by atoms with Crippen molar-refractivity contribution in [2.45, 2.75) is 19.8 Å². The molecule has 0 saturated heterocycles. The third-order valence-corrected chi connectivity index (χ3v) is 5.11. The molecule has 0 fully saturated rings. The number of furan rings is 1. The van der Waals surface area contributed by atoms with Crippen LogP contribution in [0.15, 0.2) is 57.1 Å². The predicted molar refractivity (Wildman–Crippen MR) is 105 cm³/mol. The first-order valence-corrected chi connectivity index (χ1v) is 9.51. The van der Waals surface area contributed by atoms with Gasteiger partial charge in [0.05, 0.1) is 10.9 Å². The van der Waals surface area contributed by atoms with E-state index in [-0.39, 0.29) is 23.7 Å². The van der Waals surface area contributed by atoms with Crippen LogP contribution in [0.25, 0.3) is 21.5 Å². The molecular formula is C20H16FN3O3S. The number of halogens is 1. The molecule has 0 radical (unpaired) electrons. The van der Waals surface area contributed by atoms with Crippen LogP contribution in [0.1, 0.15) is 18.0 Å². The van der Waals surface area contributed by atoms with Gasteiger partial charge in [-0.3, -0.25) is 15.0 Å². The first-order valence-electron chi connectivity index (χ1n) is 8.63. The van der Waals surface area contributed by atoms with Crippen molar-refractivity contribution >= 4 is 27.5 Å². The molecule has 4 rings (SSSR count). The summed E-state index contributed by atoms with van der Waals surface area (Å²) in [5, 5.41) is 2.26. The lowest BCUT2D eigenvalue weighted by Crippen LogP contribution is -2.35. The minimum atomic E-state index is -0.368. The Hall–Kier alpha value is -3.26. The van der Waals surface area contributed by atoms with Gasteiger partial charge >= 0.3 is 0 Å². The Morgan fingerprint density at radius 1 is 1.25 bits per heavy atom. The van der Waals surface area contributed by atoms with Crippen LogP contribution < -0.4 is 11.0 Å². The molecule has 3 aromatic heterocycles. The van der Waals surface area contributed by atoms with E-state index in [9.17, 15) is 14.0 Å². The van der Waals surface area contributed by atoms with Gasteiger partial charge in [0.15, 0.2) is 0 Å². The number of carbonyl (C=O) groups is 1. The second-order valence-electron chi connectivity index (χ2n) is 6.22. The highest BCUT2D eigenvalue weighted by molar-refractivity contribution is 7.16. The number of fused-ring (bicyclic) bond motifs is 1. The highest BCUT2D eigenvalue weighted by Gasteiger charge is 2.13. The highest BCUT2D eigenvalue weighted by Crippen LogP contribution is 2.25. The van der Waals surface area contributed by atoms with Gasteiger partial charge in [-0.2, -0.15) is 0 Å². The largest absolute Gasteiger partial charge is 0.461 e. The lowest BCUT2D eigenvalue weighted by molar-refractivity contribution is -0.117. The van der Waals surface area contributed by atoms with Crippen molar-refractivity contribution in [3.63, 3.8) is 0 Å². The molecule has 4 aromatic rings. The Bertz CT molecular complexity index is 1220. The Kier molecular flexibility index (Phi) is 4.79. The molecule has 0 unspecified atom stereocenters. The van der Waals surface area contributed by atoms with Gasteiger partial charge in [-0.15, -0.1) is 11.3 Å². The van der Waals surface area contributed by atoms with E-state index in [0.29, 0.717) is 39.5 Å². The number of carbonyl (C=O) groups excluding carboxylic acids is 1. The van der Waals surface area contributed by atoms with Gasteiger partial charge in [0, 0.05) is 12.8 Å². The van der Waals surface area contributed by atoms with E-state index in [1.54, 1.807) is 48.7 Å². The van der Waals surface area contributed by atoms with Gasteiger partial charge < -0.3 is 4.42 Å². The number of nitrogens with zero attached hydrogens (tertiary/aromatic N) is 2. The number of aromatic nitrogens is 2. The molecule has 1 aromatic carbocycles. The molecular weight excluding hydrogens is 381 g/mol. The van der Waals surface area contributed by atoms with E-state index in [1.165, 1.54) is 17.4 Å². The van der Waals surface area contributed by atoms with E-state index >= 15 is 0 Å². The lowest BCUT2D eigenvalue weighted by atomic mass is 10.1. The van der Waals surface area contributed by atoms with Crippen LogP contribution in [0.3, 0.4) is 0 Å². The van der Waals surface area contributed by atoms with Crippen molar-refractivity contribution in [3.05, 3.63) is 75.6 Å². The molecule has 1 amide bonds. The van der Waals surface area contributed by atoms with Crippen molar-refractivity contribution < 1.29 is 13.6 Å². The Morgan fingerprint density at radius 3 is 2.89 bits per heavy atom. The van der Waals surface area contributed by atoms with Gasteiger partial charge in [-0.1, -0.05) is 12.1 Å². The predicted octanol–water partition coefficient (Wildman–Crippen LogP) is 3.87. The molecule has 28 heavy (non-hydrogen) atoms. The van der Waals surface area contributed by atoms with E-state index in [1.807, 2.05) is 0 Å². The van der Waals surface area contributed by atoms with Crippen molar-refractivity contribution in [1.82, 2.24) is 9.66 Å². The van der Waals surface area contributed by atoms with Crippen LogP contribution in [0.2, 0.25) is 0 Å². The summed E-state index contributed by atoms with van der Waals surface area (Å²) in [6.07, 6.45) is 0.431. The van der Waals surface area contributed by atoms with E-state index in [2.05, 4.69) is 10.4 Å². The number of aryl methyl sites for hydroxylation is 2. The van der Waals surface area contributed by atoms with E-state index < -0.39 is 0 Å². The quantitative estimate of drug-likeness (QED) is 0.555. The van der Waals surface area contributed by atoms with Crippen LogP contribution in [0.5, 0.6) is 0 Å². The third kappa shape index (κ3) is 3.46. The fraction of sp³-hybridized carbons (Fsp3) is 0.150. The Labute approximate surface area is 163 Å². The summed E-state index contributed by atoms with van der Waals surface area (Å²) < 4.78 is 20.6. The fourth-order valence-electron chi connectivity index (χ4n) is 2.88. The average molecular weight is 397 g/mol. The molecule has 1 N–H and O–H groups in total. The molecule has 0 aliphatic rings. The SMILES string of the molecule is Cc1nc2sccc2c(=O)n1NC(=O)CCc1ccc(-c2ccccc2F)o1. The number of amides is 1. The zero-order valence-electron chi connectivity index (χ0n) is 14.9. The average Bonchev–Trinajstić information content (AvgIpc) is 3.33. The summed E-state index contributed by atoms with van der Waals surface area (Å²) in [4.78, 5) is 29.7. The molecule has 8 heteroatoms. The number of nitrogens with one attached hydrogen (secondary N) is 1. The van der Waals surface area contributed by atoms with Crippen LogP contribution in [0.4, 0.5) is 4.39 Å². The fourth-order valence-corrected chi connectivity index (χ4v) is 3.68. The molecule has 0 atom stereocenters. The first-order chi connectivity index (χ1) is 13.5. The summed E-state index contributed by atoms with van der Waals surface area (Å²) in [5.41, 5.74) is 2.65. The zero-order chi connectivity index (χ0) is 19.7.